The van der Waals surface area contributed by atoms with Gasteiger partial charge in [-0.1, -0.05) is 42.1 Å². The van der Waals surface area contributed by atoms with Crippen molar-refractivity contribution in [3.8, 4) is 11.4 Å². The van der Waals surface area contributed by atoms with E-state index in [2.05, 4.69) is 9.36 Å². The Bertz CT molecular complexity index is 579. The Hall–Kier alpha value is -1.40. The average molecular weight is 305 g/mol. The lowest BCUT2D eigenvalue weighted by Crippen LogP contribution is -2.29. The summed E-state index contributed by atoms with van der Waals surface area (Å²) in [6.07, 6.45) is 2.26. The Labute approximate surface area is 126 Å². The van der Waals surface area contributed by atoms with E-state index in [1.54, 1.807) is 0 Å². The second kappa shape index (κ2) is 6.37. The van der Waals surface area contributed by atoms with Crippen LogP contribution in [0.2, 0.25) is 0 Å². The molecule has 1 amide bonds. The zero-order valence-corrected chi connectivity index (χ0v) is 12.6. The van der Waals surface area contributed by atoms with Crippen molar-refractivity contribution < 1.29 is 4.79 Å². The van der Waals surface area contributed by atoms with E-state index in [0.29, 0.717) is 5.75 Å². The highest BCUT2D eigenvalue weighted by Gasteiger charge is 2.18. The van der Waals surface area contributed by atoms with Crippen LogP contribution in [0, 0.1) is 0 Å². The molecule has 6 heteroatoms. The average Bonchev–Trinajstić information content (AvgIpc) is 3.17. The van der Waals surface area contributed by atoms with Crippen LogP contribution in [0.25, 0.3) is 11.4 Å². The summed E-state index contributed by atoms with van der Waals surface area (Å²) in [4.78, 5) is 18.4. The van der Waals surface area contributed by atoms with Gasteiger partial charge in [0.05, 0.1) is 5.75 Å². The van der Waals surface area contributed by atoms with Crippen molar-refractivity contribution in [2.75, 3.05) is 18.8 Å². The lowest BCUT2D eigenvalue weighted by Gasteiger charge is -2.13. The van der Waals surface area contributed by atoms with Gasteiger partial charge in [-0.3, -0.25) is 4.79 Å². The number of hydrogen-bond acceptors (Lipinski definition) is 5. The third kappa shape index (κ3) is 3.19. The second-order valence-corrected chi connectivity index (χ2v) is 6.60. The summed E-state index contributed by atoms with van der Waals surface area (Å²) >= 11 is 2.84. The maximum atomic E-state index is 12.0. The lowest BCUT2D eigenvalue weighted by molar-refractivity contribution is -0.127. The maximum absolute atomic E-state index is 12.0. The molecule has 20 heavy (non-hydrogen) atoms. The van der Waals surface area contributed by atoms with Gasteiger partial charge in [0.2, 0.25) is 5.91 Å². The number of benzene rings is 1. The fraction of sp³-hybridized carbons (Fsp3) is 0.357. The predicted octanol–water partition coefficient (Wildman–Crippen LogP) is 2.92. The van der Waals surface area contributed by atoms with Crippen molar-refractivity contribution in [1.82, 2.24) is 14.3 Å². The summed E-state index contributed by atoms with van der Waals surface area (Å²) in [5.74, 6) is 1.42. The molecule has 104 valence electrons. The van der Waals surface area contributed by atoms with Crippen LogP contribution in [-0.2, 0) is 4.79 Å². The summed E-state index contributed by atoms with van der Waals surface area (Å²) in [5, 5.41) is 0. The Morgan fingerprint density at radius 2 is 2.00 bits per heavy atom. The van der Waals surface area contributed by atoms with Crippen molar-refractivity contribution in [2.45, 2.75) is 17.2 Å². The van der Waals surface area contributed by atoms with Gasteiger partial charge in [0.25, 0.3) is 0 Å². The SMILES string of the molecule is O=C(CSc1nc(-c2ccccc2)ns1)N1CCCC1. The molecule has 1 saturated heterocycles. The smallest absolute Gasteiger partial charge is 0.233 e. The van der Waals surface area contributed by atoms with Gasteiger partial charge >= 0.3 is 0 Å². The second-order valence-electron chi connectivity index (χ2n) is 4.63. The maximum Gasteiger partial charge on any atom is 0.233 e. The fourth-order valence-corrected chi connectivity index (χ4v) is 3.67. The van der Waals surface area contributed by atoms with E-state index in [-0.39, 0.29) is 5.91 Å². The number of rotatable bonds is 4. The molecule has 1 aromatic heterocycles. The van der Waals surface area contributed by atoms with Gasteiger partial charge in [-0.25, -0.2) is 4.98 Å². The number of amides is 1. The first-order chi connectivity index (χ1) is 9.83. The van der Waals surface area contributed by atoms with E-state index >= 15 is 0 Å². The van der Waals surface area contributed by atoms with Gasteiger partial charge in [0, 0.05) is 18.7 Å². The molecule has 0 radical (unpaired) electrons. The number of aromatic nitrogens is 2. The quantitative estimate of drug-likeness (QED) is 0.815. The van der Waals surface area contributed by atoms with E-state index in [4.69, 9.17) is 0 Å². The minimum absolute atomic E-state index is 0.212. The molecule has 2 aromatic rings. The number of likely N-dealkylation sites (tertiary alicyclic amines) is 1. The monoisotopic (exact) mass is 305 g/mol. The third-order valence-corrected chi connectivity index (χ3v) is 5.04. The largest absolute Gasteiger partial charge is 0.342 e. The molecule has 2 heterocycles. The molecule has 0 aliphatic carbocycles. The molecule has 0 N–H and O–H groups in total. The molecule has 0 saturated carbocycles. The Morgan fingerprint density at radius 3 is 2.75 bits per heavy atom. The van der Waals surface area contributed by atoms with Crippen molar-refractivity contribution in [3.63, 3.8) is 0 Å². The Morgan fingerprint density at radius 1 is 1.25 bits per heavy atom. The van der Waals surface area contributed by atoms with Crippen molar-refractivity contribution >= 4 is 29.2 Å². The summed E-state index contributed by atoms with van der Waals surface area (Å²) in [5.41, 5.74) is 1.02. The van der Waals surface area contributed by atoms with Crippen molar-refractivity contribution in [3.05, 3.63) is 30.3 Å². The van der Waals surface area contributed by atoms with Crippen LogP contribution in [-0.4, -0.2) is 39.0 Å². The molecule has 3 rings (SSSR count). The van der Waals surface area contributed by atoms with Crippen LogP contribution >= 0.6 is 23.3 Å². The molecular formula is C14H15N3OS2. The summed E-state index contributed by atoms with van der Waals surface area (Å²) in [6, 6.07) is 9.90. The van der Waals surface area contributed by atoms with Gasteiger partial charge in [0.1, 0.15) is 0 Å². The number of hydrogen-bond donors (Lipinski definition) is 0. The molecular weight excluding hydrogens is 290 g/mol. The van der Waals surface area contributed by atoms with Gasteiger partial charge in [0.15, 0.2) is 10.2 Å². The third-order valence-electron chi connectivity index (χ3n) is 3.22. The first-order valence-electron chi connectivity index (χ1n) is 6.62. The molecule has 0 unspecified atom stereocenters. The minimum Gasteiger partial charge on any atom is -0.342 e. The summed E-state index contributed by atoms with van der Waals surface area (Å²) < 4.78 is 5.20. The van der Waals surface area contributed by atoms with E-state index in [1.165, 1.54) is 23.3 Å². The highest BCUT2D eigenvalue weighted by molar-refractivity contribution is 8.01. The molecule has 1 aliphatic heterocycles. The van der Waals surface area contributed by atoms with E-state index in [1.807, 2.05) is 35.2 Å². The van der Waals surface area contributed by atoms with Gasteiger partial charge in [-0.05, 0) is 24.4 Å². The van der Waals surface area contributed by atoms with Crippen LogP contribution < -0.4 is 0 Å². The molecule has 1 aliphatic rings. The molecule has 4 nitrogen and oxygen atoms in total. The fourth-order valence-electron chi connectivity index (χ4n) is 2.15. The Balaban J connectivity index is 1.59. The highest BCUT2D eigenvalue weighted by atomic mass is 32.2. The first kappa shape index (κ1) is 13.6. The van der Waals surface area contributed by atoms with Crippen LogP contribution in [0.15, 0.2) is 34.7 Å². The number of carbonyl (C=O) groups excluding carboxylic acids is 1. The number of thioether (sulfide) groups is 1. The van der Waals surface area contributed by atoms with E-state index < -0.39 is 0 Å². The van der Waals surface area contributed by atoms with Gasteiger partial charge in [-0.2, -0.15) is 4.37 Å². The van der Waals surface area contributed by atoms with Gasteiger partial charge in [-0.15, -0.1) is 0 Å². The molecule has 0 bridgehead atoms. The topological polar surface area (TPSA) is 46.1 Å². The van der Waals surface area contributed by atoms with E-state index in [0.717, 1.165) is 41.7 Å². The van der Waals surface area contributed by atoms with E-state index in [9.17, 15) is 4.79 Å². The molecule has 1 aromatic carbocycles. The summed E-state index contributed by atoms with van der Waals surface area (Å²) in [6.45, 7) is 1.82. The highest BCUT2D eigenvalue weighted by Crippen LogP contribution is 2.25. The molecule has 1 fully saturated rings. The minimum atomic E-state index is 0.212. The zero-order valence-electron chi connectivity index (χ0n) is 11.0. The molecule has 0 spiro atoms. The predicted molar refractivity (Wildman–Crippen MR) is 81.9 cm³/mol. The Kier molecular flexibility index (Phi) is 4.32. The lowest BCUT2D eigenvalue weighted by atomic mass is 10.2. The number of carbonyl (C=O) groups is 1. The van der Waals surface area contributed by atoms with Gasteiger partial charge < -0.3 is 4.90 Å². The number of nitrogens with zero attached hydrogens (tertiary/aromatic N) is 3. The van der Waals surface area contributed by atoms with Crippen molar-refractivity contribution in [2.24, 2.45) is 0 Å². The summed E-state index contributed by atoms with van der Waals surface area (Å²) in [7, 11) is 0. The standard InChI is InChI=1S/C14H15N3OS2/c18-12(17-8-4-5-9-17)10-19-14-15-13(16-20-14)11-6-2-1-3-7-11/h1-3,6-7H,4-5,8-10H2. The molecule has 0 atom stereocenters. The van der Waals surface area contributed by atoms with Crippen LogP contribution in [0.4, 0.5) is 0 Å². The first-order valence-corrected chi connectivity index (χ1v) is 8.38. The van der Waals surface area contributed by atoms with Crippen LogP contribution in [0.1, 0.15) is 12.8 Å². The normalized spacial score (nSPS) is 14.7. The zero-order chi connectivity index (χ0) is 13.8. The van der Waals surface area contributed by atoms with Crippen LogP contribution in [0.5, 0.6) is 0 Å². The van der Waals surface area contributed by atoms with Crippen LogP contribution in [0.3, 0.4) is 0 Å². The van der Waals surface area contributed by atoms with Crippen molar-refractivity contribution in [1.29, 1.82) is 0 Å².